The number of hydrogen-bond acceptors (Lipinski definition) is 2. The molecule has 0 saturated heterocycles. The van der Waals surface area contributed by atoms with Crippen molar-refractivity contribution in [2.24, 2.45) is 0 Å². The monoisotopic (exact) mass is 254 g/mol. The third-order valence-corrected chi connectivity index (χ3v) is 2.66. The van der Waals surface area contributed by atoms with Crippen LogP contribution in [0.1, 0.15) is 21.5 Å². The minimum Gasteiger partial charge on any atom is -0.319 e. The molecule has 94 valence electrons. The van der Waals surface area contributed by atoms with Gasteiger partial charge >= 0.3 is 0 Å². The molecule has 2 aromatic rings. The van der Waals surface area contributed by atoms with Crippen molar-refractivity contribution in [1.29, 1.82) is 5.26 Å². The van der Waals surface area contributed by atoms with Crippen LogP contribution in [0.4, 0.5) is 10.1 Å². The molecule has 0 spiro atoms. The molecule has 4 heteroatoms. The van der Waals surface area contributed by atoms with E-state index < -0.39 is 5.82 Å². The number of benzene rings is 2. The summed E-state index contributed by atoms with van der Waals surface area (Å²) in [6.45, 7) is 1.92. The van der Waals surface area contributed by atoms with Crippen molar-refractivity contribution in [3.05, 3.63) is 65.0 Å². The average Bonchev–Trinajstić information content (AvgIpc) is 2.41. The number of nitrogens with zero attached hydrogens (tertiary/aromatic N) is 1. The molecule has 19 heavy (non-hydrogen) atoms. The highest BCUT2D eigenvalue weighted by Gasteiger charge is 2.09. The normalized spacial score (nSPS) is 9.74. The Morgan fingerprint density at radius 3 is 2.47 bits per heavy atom. The second-order valence-electron chi connectivity index (χ2n) is 4.13. The molecule has 0 saturated carbocycles. The van der Waals surface area contributed by atoms with E-state index in [4.69, 9.17) is 5.26 Å². The van der Waals surface area contributed by atoms with Gasteiger partial charge in [0, 0.05) is 5.56 Å². The molecular weight excluding hydrogens is 243 g/mol. The molecule has 0 heterocycles. The molecule has 3 nitrogen and oxygen atoms in total. The standard InChI is InChI=1S/C15H11FN2O/c1-10-2-5-12(6-3-10)15(19)18-14-7-4-11(9-17)8-13(14)16/h2-8H,1H3,(H,18,19). The van der Waals surface area contributed by atoms with Gasteiger partial charge in [0.05, 0.1) is 17.3 Å². The quantitative estimate of drug-likeness (QED) is 0.894. The van der Waals surface area contributed by atoms with Gasteiger partial charge in [-0.05, 0) is 37.3 Å². The predicted molar refractivity (Wildman–Crippen MR) is 70.2 cm³/mol. The van der Waals surface area contributed by atoms with Gasteiger partial charge < -0.3 is 5.32 Å². The third kappa shape index (κ3) is 2.96. The number of nitriles is 1. The zero-order chi connectivity index (χ0) is 13.8. The zero-order valence-corrected chi connectivity index (χ0v) is 10.3. The van der Waals surface area contributed by atoms with Crippen molar-refractivity contribution in [3.8, 4) is 6.07 Å². The molecule has 2 aromatic carbocycles. The number of hydrogen-bond donors (Lipinski definition) is 1. The highest BCUT2D eigenvalue weighted by atomic mass is 19.1. The number of rotatable bonds is 2. The lowest BCUT2D eigenvalue weighted by atomic mass is 10.1. The highest BCUT2D eigenvalue weighted by Crippen LogP contribution is 2.16. The maximum absolute atomic E-state index is 13.6. The fraction of sp³-hybridized carbons (Fsp3) is 0.0667. The Morgan fingerprint density at radius 1 is 1.21 bits per heavy atom. The van der Waals surface area contributed by atoms with E-state index in [1.807, 2.05) is 25.1 Å². The number of nitrogens with one attached hydrogen (secondary N) is 1. The van der Waals surface area contributed by atoms with Gasteiger partial charge in [-0.15, -0.1) is 0 Å². The Morgan fingerprint density at radius 2 is 1.89 bits per heavy atom. The third-order valence-electron chi connectivity index (χ3n) is 2.66. The van der Waals surface area contributed by atoms with Gasteiger partial charge in [0.2, 0.25) is 0 Å². The molecule has 0 aromatic heterocycles. The van der Waals surface area contributed by atoms with Gasteiger partial charge in [0.1, 0.15) is 5.82 Å². The topological polar surface area (TPSA) is 52.9 Å². The van der Waals surface area contributed by atoms with Crippen LogP contribution in [0.15, 0.2) is 42.5 Å². The SMILES string of the molecule is Cc1ccc(C(=O)Nc2ccc(C#N)cc2F)cc1. The van der Waals surface area contributed by atoms with Crippen molar-refractivity contribution < 1.29 is 9.18 Å². The number of carbonyl (C=O) groups excluding carboxylic acids is 1. The summed E-state index contributed by atoms with van der Waals surface area (Å²) in [6.07, 6.45) is 0. The Labute approximate surface area is 110 Å². The summed E-state index contributed by atoms with van der Waals surface area (Å²) in [5.74, 6) is -1.01. The maximum Gasteiger partial charge on any atom is 0.255 e. The fourth-order valence-corrected chi connectivity index (χ4v) is 1.59. The van der Waals surface area contributed by atoms with Crippen molar-refractivity contribution in [2.45, 2.75) is 6.92 Å². The van der Waals surface area contributed by atoms with Gasteiger partial charge in [-0.3, -0.25) is 4.79 Å². The summed E-state index contributed by atoms with van der Waals surface area (Å²) < 4.78 is 13.6. The Balaban J connectivity index is 2.20. The van der Waals surface area contributed by atoms with Crippen LogP contribution in [-0.2, 0) is 0 Å². The Bertz CT molecular complexity index is 657. The lowest BCUT2D eigenvalue weighted by molar-refractivity contribution is 0.102. The molecule has 1 amide bonds. The lowest BCUT2D eigenvalue weighted by Crippen LogP contribution is -2.12. The van der Waals surface area contributed by atoms with E-state index in [0.717, 1.165) is 11.6 Å². The van der Waals surface area contributed by atoms with Gasteiger partial charge in [-0.2, -0.15) is 5.26 Å². The average molecular weight is 254 g/mol. The number of aryl methyl sites for hydroxylation is 1. The fourth-order valence-electron chi connectivity index (χ4n) is 1.59. The summed E-state index contributed by atoms with van der Waals surface area (Å²) in [5, 5.41) is 11.1. The predicted octanol–water partition coefficient (Wildman–Crippen LogP) is 3.26. The molecular formula is C15H11FN2O. The number of anilines is 1. The van der Waals surface area contributed by atoms with Gasteiger partial charge in [-0.25, -0.2) is 4.39 Å². The molecule has 0 radical (unpaired) electrons. The maximum atomic E-state index is 13.6. The van der Waals surface area contributed by atoms with Crippen LogP contribution in [0.3, 0.4) is 0 Å². The minimum absolute atomic E-state index is 0.0598. The molecule has 2 rings (SSSR count). The summed E-state index contributed by atoms with van der Waals surface area (Å²) >= 11 is 0. The van der Waals surface area contributed by atoms with Gasteiger partial charge in [0.25, 0.3) is 5.91 Å². The van der Waals surface area contributed by atoms with E-state index >= 15 is 0 Å². The first-order valence-corrected chi connectivity index (χ1v) is 5.68. The summed E-state index contributed by atoms with van der Waals surface area (Å²) in [7, 11) is 0. The van der Waals surface area contributed by atoms with Crippen molar-refractivity contribution in [1.82, 2.24) is 0 Å². The van der Waals surface area contributed by atoms with E-state index in [0.29, 0.717) is 5.56 Å². The first-order chi connectivity index (χ1) is 9.10. The van der Waals surface area contributed by atoms with Crippen molar-refractivity contribution >= 4 is 11.6 Å². The van der Waals surface area contributed by atoms with Crippen LogP contribution in [0.25, 0.3) is 0 Å². The van der Waals surface area contributed by atoms with Crippen LogP contribution >= 0.6 is 0 Å². The van der Waals surface area contributed by atoms with Crippen molar-refractivity contribution in [3.63, 3.8) is 0 Å². The van der Waals surface area contributed by atoms with Crippen LogP contribution in [-0.4, -0.2) is 5.91 Å². The summed E-state index contributed by atoms with van der Waals surface area (Å²) in [5.41, 5.74) is 1.77. The van der Waals surface area contributed by atoms with E-state index in [1.165, 1.54) is 12.1 Å². The van der Waals surface area contributed by atoms with E-state index in [1.54, 1.807) is 12.1 Å². The second kappa shape index (κ2) is 5.32. The van der Waals surface area contributed by atoms with Gasteiger partial charge in [0.15, 0.2) is 0 Å². The van der Waals surface area contributed by atoms with E-state index in [9.17, 15) is 9.18 Å². The first kappa shape index (κ1) is 12.8. The number of amides is 1. The first-order valence-electron chi connectivity index (χ1n) is 5.68. The largest absolute Gasteiger partial charge is 0.319 e. The number of carbonyl (C=O) groups is 1. The summed E-state index contributed by atoms with van der Waals surface area (Å²) in [4.78, 5) is 11.9. The minimum atomic E-state index is -0.625. The molecule has 0 aliphatic rings. The molecule has 1 N–H and O–H groups in total. The molecule has 0 bridgehead atoms. The molecule has 0 atom stereocenters. The second-order valence-corrected chi connectivity index (χ2v) is 4.13. The molecule has 0 aliphatic carbocycles. The van der Waals surface area contributed by atoms with Crippen LogP contribution < -0.4 is 5.32 Å². The smallest absolute Gasteiger partial charge is 0.255 e. The zero-order valence-electron chi connectivity index (χ0n) is 10.3. The molecule has 0 aliphatic heterocycles. The van der Waals surface area contributed by atoms with Crippen LogP contribution in [0, 0.1) is 24.1 Å². The summed E-state index contributed by atoms with van der Waals surface area (Å²) in [6, 6.07) is 12.7. The van der Waals surface area contributed by atoms with E-state index in [2.05, 4.69) is 5.32 Å². The Hall–Kier alpha value is -2.67. The van der Waals surface area contributed by atoms with Crippen molar-refractivity contribution in [2.75, 3.05) is 5.32 Å². The highest BCUT2D eigenvalue weighted by molar-refractivity contribution is 6.04. The lowest BCUT2D eigenvalue weighted by Gasteiger charge is -2.06. The van der Waals surface area contributed by atoms with E-state index in [-0.39, 0.29) is 17.2 Å². The van der Waals surface area contributed by atoms with Gasteiger partial charge in [-0.1, -0.05) is 17.7 Å². The Kier molecular flexibility index (Phi) is 3.58. The van der Waals surface area contributed by atoms with Crippen LogP contribution in [0.5, 0.6) is 0 Å². The molecule has 0 fully saturated rings. The van der Waals surface area contributed by atoms with Crippen LogP contribution in [0.2, 0.25) is 0 Å². The number of halogens is 1. The molecule has 0 unspecified atom stereocenters.